The minimum absolute atomic E-state index is 0.170. The van der Waals surface area contributed by atoms with Crippen molar-refractivity contribution in [2.75, 3.05) is 5.32 Å². The summed E-state index contributed by atoms with van der Waals surface area (Å²) in [5, 5.41) is 23.8. The van der Waals surface area contributed by atoms with Crippen LogP contribution >= 0.6 is 0 Å². The van der Waals surface area contributed by atoms with Gasteiger partial charge in [-0.05, 0) is 35.7 Å². The van der Waals surface area contributed by atoms with E-state index in [0.717, 1.165) is 16.5 Å². The van der Waals surface area contributed by atoms with Crippen LogP contribution in [0.5, 0.6) is 5.75 Å². The van der Waals surface area contributed by atoms with Crippen molar-refractivity contribution in [3.05, 3.63) is 66.2 Å². The van der Waals surface area contributed by atoms with E-state index >= 15 is 0 Å². The first kappa shape index (κ1) is 13.0. The van der Waals surface area contributed by atoms with Crippen LogP contribution in [0.1, 0.15) is 10.4 Å². The highest BCUT2D eigenvalue weighted by molar-refractivity contribution is 6.00. The number of para-hydroxylation sites is 1. The number of fused-ring (bicyclic) bond motifs is 1. The second kappa shape index (κ2) is 5.17. The lowest BCUT2D eigenvalue weighted by atomic mass is 10.1. The number of nitrogens with one attached hydrogen (secondary N) is 1. The Bertz CT molecular complexity index is 827. The highest BCUT2D eigenvalue weighted by atomic mass is 16.4. The molecule has 0 unspecified atom stereocenters. The van der Waals surface area contributed by atoms with E-state index < -0.39 is 5.97 Å². The Kier molecular flexibility index (Phi) is 3.20. The molecule has 0 amide bonds. The topological polar surface area (TPSA) is 69.6 Å². The number of anilines is 2. The van der Waals surface area contributed by atoms with Gasteiger partial charge < -0.3 is 15.5 Å². The predicted molar refractivity (Wildman–Crippen MR) is 82.3 cm³/mol. The quantitative estimate of drug-likeness (QED) is 0.678. The minimum Gasteiger partial charge on any atom is -0.508 e. The van der Waals surface area contributed by atoms with Crippen molar-refractivity contribution in [2.24, 2.45) is 0 Å². The number of carboxylic acids is 1. The van der Waals surface area contributed by atoms with Gasteiger partial charge in [-0.1, -0.05) is 30.3 Å². The van der Waals surface area contributed by atoms with Gasteiger partial charge in [0.25, 0.3) is 0 Å². The maximum atomic E-state index is 11.2. The molecule has 0 saturated heterocycles. The molecule has 0 aliphatic rings. The van der Waals surface area contributed by atoms with Gasteiger partial charge in [-0.15, -0.1) is 0 Å². The van der Waals surface area contributed by atoms with Crippen LogP contribution in [0, 0.1) is 0 Å². The Morgan fingerprint density at radius 3 is 2.48 bits per heavy atom. The zero-order chi connectivity index (χ0) is 14.8. The van der Waals surface area contributed by atoms with Crippen LogP contribution in [0.4, 0.5) is 11.4 Å². The second-order valence-electron chi connectivity index (χ2n) is 4.69. The number of carboxylic acid groups (broad SMARTS) is 1. The average Bonchev–Trinajstić information content (AvgIpc) is 2.48. The van der Waals surface area contributed by atoms with Gasteiger partial charge in [-0.25, -0.2) is 4.79 Å². The van der Waals surface area contributed by atoms with Crippen LogP contribution < -0.4 is 5.32 Å². The van der Waals surface area contributed by atoms with Gasteiger partial charge in [-0.3, -0.25) is 0 Å². The summed E-state index contributed by atoms with van der Waals surface area (Å²) in [6.45, 7) is 0. The molecular formula is C17H13NO3. The van der Waals surface area contributed by atoms with Crippen LogP contribution in [0.3, 0.4) is 0 Å². The zero-order valence-electron chi connectivity index (χ0n) is 11.1. The van der Waals surface area contributed by atoms with E-state index in [-0.39, 0.29) is 11.3 Å². The van der Waals surface area contributed by atoms with Gasteiger partial charge in [0.05, 0.1) is 11.3 Å². The Morgan fingerprint density at radius 2 is 1.67 bits per heavy atom. The maximum absolute atomic E-state index is 11.2. The van der Waals surface area contributed by atoms with Crippen molar-refractivity contribution >= 4 is 28.1 Å². The summed E-state index contributed by atoms with van der Waals surface area (Å²) < 4.78 is 0. The monoisotopic (exact) mass is 279 g/mol. The number of carbonyl (C=O) groups is 1. The molecule has 0 spiro atoms. The molecule has 0 saturated carbocycles. The van der Waals surface area contributed by atoms with E-state index in [1.807, 2.05) is 24.3 Å². The van der Waals surface area contributed by atoms with Gasteiger partial charge in [0.1, 0.15) is 5.75 Å². The van der Waals surface area contributed by atoms with Crippen molar-refractivity contribution in [1.29, 1.82) is 0 Å². The highest BCUT2D eigenvalue weighted by Gasteiger charge is 2.10. The normalized spacial score (nSPS) is 10.5. The number of rotatable bonds is 3. The number of hydrogen-bond donors (Lipinski definition) is 3. The smallest absolute Gasteiger partial charge is 0.337 e. The lowest BCUT2D eigenvalue weighted by Gasteiger charge is -2.12. The van der Waals surface area contributed by atoms with Crippen LogP contribution in [0.25, 0.3) is 10.8 Å². The van der Waals surface area contributed by atoms with Crippen LogP contribution in [0.2, 0.25) is 0 Å². The molecule has 0 atom stereocenters. The predicted octanol–water partition coefficient (Wildman–Crippen LogP) is 3.99. The van der Waals surface area contributed by atoms with E-state index in [4.69, 9.17) is 0 Å². The standard InChI is InChI=1S/C17H13NO3/c19-12-9-8-11-4-3-7-16(14(11)10-12)18-15-6-2-1-5-13(15)17(20)21/h1-10,18-19H,(H,20,21). The number of aromatic carboxylic acids is 1. The third-order valence-corrected chi connectivity index (χ3v) is 3.29. The van der Waals surface area contributed by atoms with Gasteiger partial charge in [0.15, 0.2) is 0 Å². The van der Waals surface area contributed by atoms with E-state index in [9.17, 15) is 15.0 Å². The lowest BCUT2D eigenvalue weighted by Crippen LogP contribution is -2.02. The highest BCUT2D eigenvalue weighted by Crippen LogP contribution is 2.30. The van der Waals surface area contributed by atoms with Crippen molar-refractivity contribution in [2.45, 2.75) is 0 Å². The molecule has 0 aliphatic carbocycles. The Balaban J connectivity index is 2.11. The SMILES string of the molecule is O=C(O)c1ccccc1Nc1cccc2ccc(O)cc12. The average molecular weight is 279 g/mol. The molecule has 0 bridgehead atoms. The molecule has 104 valence electrons. The Hall–Kier alpha value is -3.01. The van der Waals surface area contributed by atoms with E-state index in [0.29, 0.717) is 5.69 Å². The van der Waals surface area contributed by atoms with Gasteiger partial charge in [0, 0.05) is 11.1 Å². The zero-order valence-corrected chi connectivity index (χ0v) is 11.1. The Labute approximate surface area is 121 Å². The second-order valence-corrected chi connectivity index (χ2v) is 4.69. The van der Waals surface area contributed by atoms with Crippen molar-refractivity contribution in [3.63, 3.8) is 0 Å². The number of aromatic hydroxyl groups is 1. The van der Waals surface area contributed by atoms with Gasteiger partial charge in [0.2, 0.25) is 0 Å². The summed E-state index contributed by atoms with van der Waals surface area (Å²) in [7, 11) is 0. The molecule has 3 aromatic rings. The first-order valence-electron chi connectivity index (χ1n) is 6.46. The van der Waals surface area contributed by atoms with Crippen LogP contribution in [-0.4, -0.2) is 16.2 Å². The van der Waals surface area contributed by atoms with Gasteiger partial charge in [-0.2, -0.15) is 0 Å². The number of phenolic OH excluding ortho intramolecular Hbond substituents is 1. The number of phenols is 1. The summed E-state index contributed by atoms with van der Waals surface area (Å²) in [5.74, 6) is -0.815. The molecular weight excluding hydrogens is 266 g/mol. The van der Waals surface area contributed by atoms with Crippen LogP contribution in [-0.2, 0) is 0 Å². The molecule has 0 aromatic heterocycles. The molecule has 21 heavy (non-hydrogen) atoms. The number of hydrogen-bond acceptors (Lipinski definition) is 3. The Morgan fingerprint density at radius 1 is 0.905 bits per heavy atom. The third kappa shape index (κ3) is 2.51. The largest absolute Gasteiger partial charge is 0.508 e. The number of benzene rings is 3. The summed E-state index contributed by atoms with van der Waals surface area (Å²) in [6, 6.07) is 17.5. The molecule has 3 N–H and O–H groups in total. The molecule has 3 aromatic carbocycles. The molecule has 0 heterocycles. The minimum atomic E-state index is -0.985. The summed E-state index contributed by atoms with van der Waals surface area (Å²) in [6.07, 6.45) is 0. The first-order chi connectivity index (χ1) is 10.1. The molecule has 0 radical (unpaired) electrons. The maximum Gasteiger partial charge on any atom is 0.337 e. The van der Waals surface area contributed by atoms with Crippen molar-refractivity contribution < 1.29 is 15.0 Å². The summed E-state index contributed by atoms with van der Waals surface area (Å²) >= 11 is 0. The summed E-state index contributed by atoms with van der Waals surface area (Å²) in [5.41, 5.74) is 1.47. The van der Waals surface area contributed by atoms with Crippen molar-refractivity contribution in [3.8, 4) is 5.75 Å². The molecule has 0 aliphatic heterocycles. The fourth-order valence-electron chi connectivity index (χ4n) is 2.29. The molecule has 0 fully saturated rings. The fourth-order valence-corrected chi connectivity index (χ4v) is 2.29. The summed E-state index contributed by atoms with van der Waals surface area (Å²) in [4.78, 5) is 11.2. The lowest BCUT2D eigenvalue weighted by molar-refractivity contribution is 0.0698. The molecule has 4 nitrogen and oxygen atoms in total. The van der Waals surface area contributed by atoms with E-state index in [1.54, 1.807) is 36.4 Å². The van der Waals surface area contributed by atoms with E-state index in [1.165, 1.54) is 0 Å². The fraction of sp³-hybridized carbons (Fsp3) is 0. The van der Waals surface area contributed by atoms with E-state index in [2.05, 4.69) is 5.32 Å². The first-order valence-corrected chi connectivity index (χ1v) is 6.46. The van der Waals surface area contributed by atoms with Crippen LogP contribution in [0.15, 0.2) is 60.7 Å². The van der Waals surface area contributed by atoms with Gasteiger partial charge >= 0.3 is 5.97 Å². The van der Waals surface area contributed by atoms with Crippen molar-refractivity contribution in [1.82, 2.24) is 0 Å². The molecule has 3 rings (SSSR count). The third-order valence-electron chi connectivity index (χ3n) is 3.29. The molecule has 4 heteroatoms.